The fraction of sp³-hybridized carbons (Fsp3) is 0.500. The van der Waals surface area contributed by atoms with E-state index in [-0.39, 0.29) is 18.5 Å². The molecule has 2 aliphatic carbocycles. The Labute approximate surface area is 129 Å². The molecule has 1 saturated carbocycles. The van der Waals surface area contributed by atoms with Gasteiger partial charge >= 0.3 is 0 Å². The van der Waals surface area contributed by atoms with Crippen LogP contribution < -0.4 is 0 Å². The fourth-order valence-electron chi connectivity index (χ4n) is 3.47. The third-order valence-corrected chi connectivity index (χ3v) is 4.59. The van der Waals surface area contributed by atoms with Gasteiger partial charge in [0.25, 0.3) is 0 Å². The largest absolute Gasteiger partial charge is 0.331 e. The second-order valence-electron chi connectivity index (χ2n) is 6.15. The smallest absolute Gasteiger partial charge is 0.245 e. The number of tetrazole rings is 1. The number of benzene rings is 1. The molecule has 0 N–H and O–H groups in total. The van der Waals surface area contributed by atoms with E-state index in [1.807, 2.05) is 0 Å². The Morgan fingerprint density at radius 3 is 2.91 bits per heavy atom. The van der Waals surface area contributed by atoms with Crippen molar-refractivity contribution >= 4 is 5.91 Å². The van der Waals surface area contributed by atoms with Gasteiger partial charge in [0.1, 0.15) is 12.9 Å². The number of carbonyl (C=O) groups excluding carboxylic acids is 1. The molecule has 22 heavy (non-hydrogen) atoms. The number of carbonyl (C=O) groups is 1. The summed E-state index contributed by atoms with van der Waals surface area (Å²) in [6, 6.07) is 9.14. The van der Waals surface area contributed by atoms with Crippen LogP contribution in [0.2, 0.25) is 0 Å². The van der Waals surface area contributed by atoms with Crippen LogP contribution in [0.1, 0.15) is 42.9 Å². The lowest BCUT2D eigenvalue weighted by Gasteiger charge is -2.36. The quantitative estimate of drug-likeness (QED) is 0.862. The van der Waals surface area contributed by atoms with Gasteiger partial charge < -0.3 is 4.90 Å². The zero-order valence-corrected chi connectivity index (χ0v) is 12.4. The number of hydrogen-bond donors (Lipinski definition) is 0. The normalized spacial score (nSPS) is 20.5. The average Bonchev–Trinajstić information content (AvgIpc) is 3.24. The standard InChI is InChI=1S/C16H19N5O/c22-16(10-20-11-17-18-19-20)21(13-8-9-13)15-7-3-5-12-4-1-2-6-14(12)15/h1-2,4,6,11,13,15H,3,5,7-10H2. The lowest BCUT2D eigenvalue weighted by molar-refractivity contribution is -0.135. The summed E-state index contributed by atoms with van der Waals surface area (Å²) >= 11 is 0. The minimum absolute atomic E-state index is 0.122. The maximum absolute atomic E-state index is 12.8. The van der Waals surface area contributed by atoms with Gasteiger partial charge in [-0.15, -0.1) is 5.10 Å². The second-order valence-corrected chi connectivity index (χ2v) is 6.15. The number of nitrogens with zero attached hydrogens (tertiary/aromatic N) is 5. The highest BCUT2D eigenvalue weighted by atomic mass is 16.2. The number of aromatic nitrogens is 4. The van der Waals surface area contributed by atoms with E-state index >= 15 is 0 Å². The fourth-order valence-corrected chi connectivity index (χ4v) is 3.47. The molecule has 1 aromatic carbocycles. The Morgan fingerprint density at radius 2 is 2.14 bits per heavy atom. The molecule has 2 aliphatic rings. The van der Waals surface area contributed by atoms with Crippen molar-refractivity contribution in [3.05, 3.63) is 41.7 Å². The number of hydrogen-bond acceptors (Lipinski definition) is 4. The Kier molecular flexibility index (Phi) is 3.36. The number of rotatable bonds is 4. The molecule has 1 fully saturated rings. The first-order chi connectivity index (χ1) is 10.8. The Morgan fingerprint density at radius 1 is 1.27 bits per heavy atom. The van der Waals surface area contributed by atoms with Gasteiger partial charge in [-0.3, -0.25) is 4.79 Å². The van der Waals surface area contributed by atoms with E-state index in [4.69, 9.17) is 0 Å². The summed E-state index contributed by atoms with van der Waals surface area (Å²) in [5.41, 5.74) is 2.71. The first kappa shape index (κ1) is 13.4. The Balaban J connectivity index is 1.61. The van der Waals surface area contributed by atoms with Crippen LogP contribution in [0.4, 0.5) is 0 Å². The highest BCUT2D eigenvalue weighted by Crippen LogP contribution is 2.40. The molecule has 6 heteroatoms. The first-order valence-corrected chi connectivity index (χ1v) is 7.92. The Hall–Kier alpha value is -2.24. The monoisotopic (exact) mass is 297 g/mol. The van der Waals surface area contributed by atoms with Crippen molar-refractivity contribution < 1.29 is 4.79 Å². The van der Waals surface area contributed by atoms with Crippen molar-refractivity contribution in [1.82, 2.24) is 25.1 Å². The molecule has 0 saturated heterocycles. The van der Waals surface area contributed by atoms with Crippen LogP contribution in [-0.4, -0.2) is 37.1 Å². The molecule has 114 valence electrons. The topological polar surface area (TPSA) is 63.9 Å². The summed E-state index contributed by atoms with van der Waals surface area (Å²) in [7, 11) is 0. The van der Waals surface area contributed by atoms with Gasteiger partial charge in [-0.2, -0.15) is 0 Å². The molecule has 6 nitrogen and oxygen atoms in total. The molecule has 0 bridgehead atoms. The molecule has 1 heterocycles. The van der Waals surface area contributed by atoms with Crippen LogP contribution in [0.3, 0.4) is 0 Å². The maximum Gasteiger partial charge on any atom is 0.245 e. The summed E-state index contributed by atoms with van der Waals surface area (Å²) in [4.78, 5) is 14.9. The summed E-state index contributed by atoms with van der Waals surface area (Å²) in [5.74, 6) is 0.122. The van der Waals surface area contributed by atoms with Crippen molar-refractivity contribution in [2.75, 3.05) is 0 Å². The van der Waals surface area contributed by atoms with Crippen molar-refractivity contribution in [2.45, 2.75) is 50.7 Å². The van der Waals surface area contributed by atoms with Crippen molar-refractivity contribution in [3.8, 4) is 0 Å². The lowest BCUT2D eigenvalue weighted by atomic mass is 9.86. The minimum Gasteiger partial charge on any atom is -0.331 e. The zero-order valence-electron chi connectivity index (χ0n) is 12.4. The van der Waals surface area contributed by atoms with Crippen LogP contribution in [0.25, 0.3) is 0 Å². The summed E-state index contributed by atoms with van der Waals surface area (Å²) < 4.78 is 1.51. The maximum atomic E-state index is 12.8. The van der Waals surface area contributed by atoms with Crippen molar-refractivity contribution in [1.29, 1.82) is 0 Å². The number of amides is 1. The van der Waals surface area contributed by atoms with Gasteiger partial charge in [-0.1, -0.05) is 24.3 Å². The first-order valence-electron chi connectivity index (χ1n) is 7.92. The lowest BCUT2D eigenvalue weighted by Crippen LogP contribution is -2.40. The van der Waals surface area contributed by atoms with Gasteiger partial charge in [0.05, 0.1) is 6.04 Å². The number of fused-ring (bicyclic) bond motifs is 1. The molecule has 1 amide bonds. The van der Waals surface area contributed by atoms with E-state index < -0.39 is 0 Å². The summed E-state index contributed by atoms with van der Waals surface area (Å²) in [6.07, 6.45) is 7.03. The van der Waals surface area contributed by atoms with E-state index in [1.165, 1.54) is 22.1 Å². The van der Waals surface area contributed by atoms with Gasteiger partial charge in [-0.25, -0.2) is 4.68 Å². The molecule has 1 unspecified atom stereocenters. The van der Waals surface area contributed by atoms with E-state index in [1.54, 1.807) is 0 Å². The highest BCUT2D eigenvalue weighted by molar-refractivity contribution is 5.77. The van der Waals surface area contributed by atoms with Crippen LogP contribution in [0.15, 0.2) is 30.6 Å². The predicted molar refractivity (Wildman–Crippen MR) is 79.8 cm³/mol. The molecule has 0 aliphatic heterocycles. The highest BCUT2D eigenvalue weighted by Gasteiger charge is 2.39. The summed E-state index contributed by atoms with van der Waals surface area (Å²) in [5, 5.41) is 11.0. The minimum atomic E-state index is 0.122. The SMILES string of the molecule is O=C(Cn1cnnn1)N(C1CC1)C1CCCc2ccccc21. The van der Waals surface area contributed by atoms with Crippen LogP contribution in [-0.2, 0) is 17.8 Å². The van der Waals surface area contributed by atoms with Crippen molar-refractivity contribution in [3.63, 3.8) is 0 Å². The van der Waals surface area contributed by atoms with Crippen LogP contribution >= 0.6 is 0 Å². The van der Waals surface area contributed by atoms with Crippen molar-refractivity contribution in [2.24, 2.45) is 0 Å². The molecular formula is C16H19N5O. The van der Waals surface area contributed by atoms with Gasteiger partial charge in [0.15, 0.2) is 0 Å². The molecular weight excluding hydrogens is 278 g/mol. The molecule has 1 atom stereocenters. The average molecular weight is 297 g/mol. The third kappa shape index (κ3) is 2.49. The molecule has 1 aromatic heterocycles. The third-order valence-electron chi connectivity index (χ3n) is 4.59. The molecule has 0 spiro atoms. The van der Waals surface area contributed by atoms with Crippen LogP contribution in [0.5, 0.6) is 0 Å². The zero-order chi connectivity index (χ0) is 14.9. The molecule has 0 radical (unpaired) electrons. The second kappa shape index (κ2) is 5.51. The van der Waals surface area contributed by atoms with Gasteiger partial charge in [0.2, 0.25) is 5.91 Å². The van der Waals surface area contributed by atoms with E-state index in [9.17, 15) is 4.79 Å². The molecule has 4 rings (SSSR count). The molecule has 2 aromatic rings. The van der Waals surface area contributed by atoms with Gasteiger partial charge in [0, 0.05) is 6.04 Å². The predicted octanol–water partition coefficient (Wildman–Crippen LogP) is 1.74. The number of aryl methyl sites for hydroxylation is 1. The van der Waals surface area contributed by atoms with E-state index in [0.29, 0.717) is 6.04 Å². The summed E-state index contributed by atoms with van der Waals surface area (Å²) in [6.45, 7) is 0.224. The van der Waals surface area contributed by atoms with E-state index in [0.717, 1.165) is 32.1 Å². The van der Waals surface area contributed by atoms with Gasteiger partial charge in [-0.05, 0) is 53.7 Å². The van der Waals surface area contributed by atoms with E-state index in [2.05, 4.69) is 44.7 Å². The van der Waals surface area contributed by atoms with Crippen LogP contribution in [0, 0.1) is 0 Å². The Bertz CT molecular complexity index is 665.